The Labute approximate surface area is 122 Å². The first-order valence-corrected chi connectivity index (χ1v) is 7.08. The van der Waals surface area contributed by atoms with Crippen molar-refractivity contribution in [1.82, 2.24) is 5.32 Å². The fourth-order valence-electron chi connectivity index (χ4n) is 2.24. The van der Waals surface area contributed by atoms with Gasteiger partial charge in [0, 0.05) is 10.5 Å². The maximum absolute atomic E-state index is 13.4. The van der Waals surface area contributed by atoms with E-state index in [4.69, 9.17) is 0 Å². The van der Waals surface area contributed by atoms with E-state index in [1.807, 2.05) is 38.2 Å². The monoisotopic (exact) mass is 321 g/mol. The minimum atomic E-state index is -0.187. The largest absolute Gasteiger partial charge is 0.313 e. The van der Waals surface area contributed by atoms with Crippen molar-refractivity contribution in [3.8, 4) is 0 Å². The molecule has 1 N–H and O–H groups in total. The standard InChI is InChI=1S/C16H17BrFN/c1-11-7-8-13(18)10-14(11)16(19-2)9-12-5-3-4-6-15(12)17/h3-8,10,16,19H,9H2,1-2H3. The topological polar surface area (TPSA) is 12.0 Å². The van der Waals surface area contributed by atoms with Gasteiger partial charge < -0.3 is 5.32 Å². The van der Waals surface area contributed by atoms with Gasteiger partial charge in [-0.05, 0) is 55.3 Å². The lowest BCUT2D eigenvalue weighted by Crippen LogP contribution is -2.20. The van der Waals surface area contributed by atoms with Gasteiger partial charge in [-0.25, -0.2) is 4.39 Å². The second-order valence-corrected chi connectivity index (χ2v) is 5.49. The van der Waals surface area contributed by atoms with Gasteiger partial charge in [-0.3, -0.25) is 0 Å². The average molecular weight is 322 g/mol. The maximum atomic E-state index is 13.4. The van der Waals surface area contributed by atoms with Crippen LogP contribution in [-0.2, 0) is 6.42 Å². The van der Waals surface area contributed by atoms with E-state index in [0.717, 1.165) is 22.0 Å². The summed E-state index contributed by atoms with van der Waals surface area (Å²) < 4.78 is 14.5. The van der Waals surface area contributed by atoms with E-state index in [9.17, 15) is 4.39 Å². The summed E-state index contributed by atoms with van der Waals surface area (Å²) in [4.78, 5) is 0. The van der Waals surface area contributed by atoms with Crippen LogP contribution in [0.3, 0.4) is 0 Å². The smallest absolute Gasteiger partial charge is 0.123 e. The SMILES string of the molecule is CNC(Cc1ccccc1Br)c1cc(F)ccc1C. The highest BCUT2D eigenvalue weighted by molar-refractivity contribution is 9.10. The predicted octanol–water partition coefficient (Wildman–Crippen LogP) is 4.40. The molecule has 0 saturated heterocycles. The number of benzene rings is 2. The Kier molecular flexibility index (Phi) is 4.72. The molecule has 19 heavy (non-hydrogen) atoms. The van der Waals surface area contributed by atoms with Crippen LogP contribution in [0.2, 0.25) is 0 Å². The molecule has 0 aliphatic heterocycles. The lowest BCUT2D eigenvalue weighted by molar-refractivity contribution is 0.573. The van der Waals surface area contributed by atoms with Gasteiger partial charge in [0.25, 0.3) is 0 Å². The van der Waals surface area contributed by atoms with Crippen molar-refractivity contribution in [3.05, 3.63) is 69.4 Å². The van der Waals surface area contributed by atoms with Crippen LogP contribution in [0, 0.1) is 12.7 Å². The van der Waals surface area contributed by atoms with Crippen LogP contribution in [0.5, 0.6) is 0 Å². The normalized spacial score (nSPS) is 12.4. The second-order valence-electron chi connectivity index (χ2n) is 4.64. The summed E-state index contributed by atoms with van der Waals surface area (Å²) >= 11 is 3.56. The highest BCUT2D eigenvalue weighted by Gasteiger charge is 2.14. The number of halogens is 2. The van der Waals surface area contributed by atoms with E-state index in [0.29, 0.717) is 0 Å². The zero-order valence-electron chi connectivity index (χ0n) is 11.1. The van der Waals surface area contributed by atoms with E-state index >= 15 is 0 Å². The molecule has 0 amide bonds. The number of rotatable bonds is 4. The van der Waals surface area contributed by atoms with Gasteiger partial charge in [-0.2, -0.15) is 0 Å². The molecule has 1 nitrogen and oxygen atoms in total. The lowest BCUT2D eigenvalue weighted by Gasteiger charge is -2.19. The molecule has 0 spiro atoms. The molecule has 2 aromatic carbocycles. The Bertz CT molecular complexity index is 568. The van der Waals surface area contributed by atoms with Gasteiger partial charge >= 0.3 is 0 Å². The first-order chi connectivity index (χ1) is 9.11. The Morgan fingerprint density at radius 3 is 2.63 bits per heavy atom. The zero-order chi connectivity index (χ0) is 13.8. The third-order valence-electron chi connectivity index (χ3n) is 3.35. The average Bonchev–Trinajstić information content (AvgIpc) is 2.41. The number of aryl methyl sites for hydroxylation is 1. The Morgan fingerprint density at radius 1 is 1.21 bits per heavy atom. The summed E-state index contributed by atoms with van der Waals surface area (Å²) in [5.41, 5.74) is 3.33. The van der Waals surface area contributed by atoms with Gasteiger partial charge in [0.05, 0.1) is 0 Å². The maximum Gasteiger partial charge on any atom is 0.123 e. The molecule has 0 radical (unpaired) electrons. The van der Waals surface area contributed by atoms with Gasteiger partial charge in [-0.15, -0.1) is 0 Å². The van der Waals surface area contributed by atoms with Gasteiger partial charge in [0.1, 0.15) is 5.82 Å². The van der Waals surface area contributed by atoms with Crippen LogP contribution < -0.4 is 5.32 Å². The summed E-state index contributed by atoms with van der Waals surface area (Å²) in [5, 5.41) is 3.27. The number of hydrogen-bond donors (Lipinski definition) is 1. The lowest BCUT2D eigenvalue weighted by atomic mass is 9.95. The number of nitrogens with one attached hydrogen (secondary N) is 1. The van der Waals surface area contributed by atoms with Crippen LogP contribution in [-0.4, -0.2) is 7.05 Å². The number of likely N-dealkylation sites (N-methyl/N-ethyl adjacent to an activating group) is 1. The van der Waals surface area contributed by atoms with Crippen molar-refractivity contribution >= 4 is 15.9 Å². The molecular weight excluding hydrogens is 305 g/mol. The summed E-state index contributed by atoms with van der Waals surface area (Å²) in [5.74, 6) is -0.187. The molecule has 100 valence electrons. The first-order valence-electron chi connectivity index (χ1n) is 6.28. The summed E-state index contributed by atoms with van der Waals surface area (Å²) in [6.45, 7) is 2.01. The first kappa shape index (κ1) is 14.2. The van der Waals surface area contributed by atoms with Crippen molar-refractivity contribution in [2.45, 2.75) is 19.4 Å². The van der Waals surface area contributed by atoms with E-state index in [2.05, 4.69) is 27.3 Å². The zero-order valence-corrected chi connectivity index (χ0v) is 12.7. The fraction of sp³-hybridized carbons (Fsp3) is 0.250. The van der Waals surface area contributed by atoms with Crippen LogP contribution in [0.15, 0.2) is 46.9 Å². The fourth-order valence-corrected chi connectivity index (χ4v) is 2.68. The molecule has 3 heteroatoms. The summed E-state index contributed by atoms with van der Waals surface area (Å²) in [6, 6.07) is 13.2. The molecule has 2 rings (SSSR count). The second kappa shape index (κ2) is 6.31. The van der Waals surface area contributed by atoms with Crippen molar-refractivity contribution < 1.29 is 4.39 Å². The van der Waals surface area contributed by atoms with Crippen molar-refractivity contribution in [2.24, 2.45) is 0 Å². The third-order valence-corrected chi connectivity index (χ3v) is 4.12. The highest BCUT2D eigenvalue weighted by atomic mass is 79.9. The van der Waals surface area contributed by atoms with Gasteiger partial charge in [0.15, 0.2) is 0 Å². The molecule has 1 unspecified atom stereocenters. The van der Waals surface area contributed by atoms with Crippen LogP contribution in [0.1, 0.15) is 22.7 Å². The van der Waals surface area contributed by atoms with E-state index < -0.39 is 0 Å². The molecule has 0 saturated carbocycles. The van der Waals surface area contributed by atoms with Crippen LogP contribution in [0.4, 0.5) is 4.39 Å². The molecule has 0 aliphatic rings. The van der Waals surface area contributed by atoms with E-state index in [-0.39, 0.29) is 11.9 Å². The Morgan fingerprint density at radius 2 is 1.95 bits per heavy atom. The van der Waals surface area contributed by atoms with E-state index in [1.165, 1.54) is 11.6 Å². The highest BCUT2D eigenvalue weighted by Crippen LogP contribution is 2.26. The number of hydrogen-bond acceptors (Lipinski definition) is 1. The molecule has 0 bridgehead atoms. The van der Waals surface area contributed by atoms with Crippen molar-refractivity contribution in [3.63, 3.8) is 0 Å². The molecule has 1 atom stereocenters. The minimum Gasteiger partial charge on any atom is -0.313 e. The summed E-state index contributed by atoms with van der Waals surface area (Å²) in [6.07, 6.45) is 0.822. The van der Waals surface area contributed by atoms with Crippen LogP contribution >= 0.6 is 15.9 Å². The Balaban J connectivity index is 2.30. The minimum absolute atomic E-state index is 0.106. The molecule has 0 heterocycles. The molecular formula is C16H17BrFN. The van der Waals surface area contributed by atoms with Crippen LogP contribution in [0.25, 0.3) is 0 Å². The summed E-state index contributed by atoms with van der Waals surface area (Å²) in [7, 11) is 1.91. The van der Waals surface area contributed by atoms with Crippen molar-refractivity contribution in [2.75, 3.05) is 7.05 Å². The van der Waals surface area contributed by atoms with Gasteiger partial charge in [-0.1, -0.05) is 40.2 Å². The van der Waals surface area contributed by atoms with E-state index in [1.54, 1.807) is 6.07 Å². The molecule has 2 aromatic rings. The van der Waals surface area contributed by atoms with Crippen molar-refractivity contribution in [1.29, 1.82) is 0 Å². The van der Waals surface area contributed by atoms with Gasteiger partial charge in [0.2, 0.25) is 0 Å². The molecule has 0 aliphatic carbocycles. The third kappa shape index (κ3) is 3.43. The molecule has 0 fully saturated rings. The predicted molar refractivity (Wildman–Crippen MR) is 80.8 cm³/mol. The molecule has 0 aromatic heterocycles. The quantitative estimate of drug-likeness (QED) is 0.880. The Hall–Kier alpha value is -1.19.